The normalized spacial score (nSPS) is 10.8. The highest BCUT2D eigenvalue weighted by Gasteiger charge is 1.99. The Morgan fingerprint density at radius 1 is 1.20 bits per heavy atom. The molecule has 20 heavy (non-hydrogen) atoms. The summed E-state index contributed by atoms with van der Waals surface area (Å²) in [4.78, 5) is 4.28. The van der Waals surface area contributed by atoms with E-state index in [2.05, 4.69) is 10.3 Å². The van der Waals surface area contributed by atoms with Gasteiger partial charge in [0.25, 0.3) is 0 Å². The number of nitrogens with one attached hydrogen (secondary N) is 1. The van der Waals surface area contributed by atoms with Crippen LogP contribution in [0.3, 0.4) is 0 Å². The number of aryl methyl sites for hydroxylation is 1. The van der Waals surface area contributed by atoms with E-state index >= 15 is 0 Å². The number of aliphatic imine (C=N–C) groups is 1. The number of guanidine groups is 1. The van der Waals surface area contributed by atoms with Crippen LogP contribution >= 0.6 is 35.6 Å². The highest BCUT2D eigenvalue weighted by atomic mass is 127. The van der Waals surface area contributed by atoms with E-state index in [1.165, 1.54) is 5.56 Å². The Kier molecular flexibility index (Phi) is 6.81. The molecule has 0 aliphatic rings. The molecule has 0 radical (unpaired) electrons. The average Bonchev–Trinajstić information content (AvgIpc) is 2.38. The van der Waals surface area contributed by atoms with Gasteiger partial charge in [-0.25, -0.2) is 4.99 Å². The molecule has 5 heteroatoms. The molecular formula is C15H17ClIN3. The first-order chi connectivity index (χ1) is 9.15. The lowest BCUT2D eigenvalue weighted by molar-refractivity contribution is 1.06. The summed E-state index contributed by atoms with van der Waals surface area (Å²) in [6.45, 7) is 2.49. The number of nitrogens with two attached hydrogens (primary N) is 1. The molecule has 0 spiro atoms. The van der Waals surface area contributed by atoms with Crippen molar-refractivity contribution < 1.29 is 0 Å². The van der Waals surface area contributed by atoms with Crippen molar-refractivity contribution in [3.05, 3.63) is 64.7 Å². The molecule has 0 aliphatic heterocycles. The smallest absolute Gasteiger partial charge is 0.193 e. The van der Waals surface area contributed by atoms with Gasteiger partial charge in [0.15, 0.2) is 5.96 Å². The van der Waals surface area contributed by atoms with Crippen molar-refractivity contribution in [2.24, 2.45) is 10.7 Å². The number of benzene rings is 2. The topological polar surface area (TPSA) is 50.4 Å². The number of hydrogen-bond acceptors (Lipinski definition) is 1. The third-order valence-corrected chi connectivity index (χ3v) is 3.04. The molecule has 0 bridgehead atoms. The lowest BCUT2D eigenvalue weighted by atomic mass is 10.2. The summed E-state index contributed by atoms with van der Waals surface area (Å²) in [6, 6.07) is 15.6. The van der Waals surface area contributed by atoms with E-state index in [4.69, 9.17) is 17.3 Å². The van der Waals surface area contributed by atoms with Gasteiger partial charge in [-0.1, -0.05) is 41.9 Å². The van der Waals surface area contributed by atoms with Crippen LogP contribution in [-0.4, -0.2) is 5.96 Å². The Morgan fingerprint density at radius 3 is 2.65 bits per heavy atom. The maximum Gasteiger partial charge on any atom is 0.193 e. The van der Waals surface area contributed by atoms with E-state index in [1.54, 1.807) is 0 Å². The molecule has 0 heterocycles. The summed E-state index contributed by atoms with van der Waals surface area (Å²) in [5.41, 5.74) is 8.91. The minimum atomic E-state index is 0. The Hall–Kier alpha value is -1.27. The fraction of sp³-hybridized carbons (Fsp3) is 0.133. The predicted octanol–water partition coefficient (Wildman–Crippen LogP) is 4.19. The van der Waals surface area contributed by atoms with E-state index in [1.807, 2.05) is 55.5 Å². The molecule has 0 aromatic heterocycles. The van der Waals surface area contributed by atoms with Gasteiger partial charge in [0.1, 0.15) is 0 Å². The van der Waals surface area contributed by atoms with Gasteiger partial charge in [0.2, 0.25) is 0 Å². The maximum atomic E-state index is 6.06. The van der Waals surface area contributed by atoms with Crippen molar-refractivity contribution in [2.75, 3.05) is 5.32 Å². The summed E-state index contributed by atoms with van der Waals surface area (Å²) in [6.07, 6.45) is 0. The number of rotatable bonds is 3. The van der Waals surface area contributed by atoms with Crippen molar-refractivity contribution in [1.82, 2.24) is 0 Å². The van der Waals surface area contributed by atoms with E-state index in [-0.39, 0.29) is 24.0 Å². The van der Waals surface area contributed by atoms with Crippen LogP contribution in [0.4, 0.5) is 5.69 Å². The molecule has 0 saturated carbocycles. The SMILES string of the molecule is Cc1cccc(NC(N)=NCc2ccccc2Cl)c1.I. The van der Waals surface area contributed by atoms with Gasteiger partial charge in [0, 0.05) is 10.7 Å². The molecule has 3 N–H and O–H groups in total. The Labute approximate surface area is 141 Å². The lowest BCUT2D eigenvalue weighted by Gasteiger charge is -2.06. The highest BCUT2D eigenvalue weighted by Crippen LogP contribution is 2.15. The molecule has 0 aliphatic carbocycles. The number of halogens is 2. The zero-order valence-electron chi connectivity index (χ0n) is 11.1. The fourth-order valence-corrected chi connectivity index (χ4v) is 1.90. The van der Waals surface area contributed by atoms with Crippen LogP contribution in [0.1, 0.15) is 11.1 Å². The molecular weight excluding hydrogens is 385 g/mol. The minimum Gasteiger partial charge on any atom is -0.370 e. The van der Waals surface area contributed by atoms with Gasteiger partial charge in [-0.3, -0.25) is 0 Å². The predicted molar refractivity (Wildman–Crippen MR) is 97.0 cm³/mol. The van der Waals surface area contributed by atoms with E-state index in [9.17, 15) is 0 Å². The van der Waals surface area contributed by atoms with Crippen LogP contribution in [0.5, 0.6) is 0 Å². The number of anilines is 1. The Morgan fingerprint density at radius 2 is 1.95 bits per heavy atom. The van der Waals surface area contributed by atoms with Gasteiger partial charge in [-0.05, 0) is 36.2 Å². The second-order valence-electron chi connectivity index (χ2n) is 4.29. The molecule has 2 aromatic carbocycles. The van der Waals surface area contributed by atoms with Crippen molar-refractivity contribution >= 4 is 47.2 Å². The monoisotopic (exact) mass is 401 g/mol. The van der Waals surface area contributed by atoms with Crippen molar-refractivity contribution in [3.63, 3.8) is 0 Å². The zero-order chi connectivity index (χ0) is 13.7. The highest BCUT2D eigenvalue weighted by molar-refractivity contribution is 14.0. The summed E-state index contributed by atoms with van der Waals surface area (Å²) >= 11 is 6.06. The van der Waals surface area contributed by atoms with Gasteiger partial charge in [0.05, 0.1) is 6.54 Å². The van der Waals surface area contributed by atoms with Crippen LogP contribution in [0, 0.1) is 6.92 Å². The molecule has 0 saturated heterocycles. The zero-order valence-corrected chi connectivity index (χ0v) is 14.2. The molecule has 0 unspecified atom stereocenters. The Balaban J connectivity index is 0.00000200. The molecule has 0 fully saturated rings. The van der Waals surface area contributed by atoms with Gasteiger partial charge < -0.3 is 11.1 Å². The van der Waals surface area contributed by atoms with Gasteiger partial charge >= 0.3 is 0 Å². The fourth-order valence-electron chi connectivity index (χ4n) is 1.71. The molecule has 2 aromatic rings. The van der Waals surface area contributed by atoms with Crippen LogP contribution in [0.15, 0.2) is 53.5 Å². The molecule has 2 rings (SSSR count). The number of hydrogen-bond donors (Lipinski definition) is 2. The quantitative estimate of drug-likeness (QED) is 0.460. The first-order valence-corrected chi connectivity index (χ1v) is 6.40. The Bertz CT molecular complexity index is 599. The second kappa shape index (κ2) is 8.11. The largest absolute Gasteiger partial charge is 0.370 e. The van der Waals surface area contributed by atoms with Crippen molar-refractivity contribution in [1.29, 1.82) is 0 Å². The minimum absolute atomic E-state index is 0. The lowest BCUT2D eigenvalue weighted by Crippen LogP contribution is -2.22. The summed E-state index contributed by atoms with van der Waals surface area (Å²) in [5.74, 6) is 0.380. The van der Waals surface area contributed by atoms with Crippen LogP contribution < -0.4 is 11.1 Å². The average molecular weight is 402 g/mol. The van der Waals surface area contributed by atoms with Gasteiger partial charge in [-0.2, -0.15) is 0 Å². The van der Waals surface area contributed by atoms with Crippen LogP contribution in [0.2, 0.25) is 5.02 Å². The molecule has 0 amide bonds. The summed E-state index contributed by atoms with van der Waals surface area (Å²) in [7, 11) is 0. The first-order valence-electron chi connectivity index (χ1n) is 6.02. The number of nitrogens with zero attached hydrogens (tertiary/aromatic N) is 1. The van der Waals surface area contributed by atoms with Crippen molar-refractivity contribution in [3.8, 4) is 0 Å². The van der Waals surface area contributed by atoms with E-state index in [0.29, 0.717) is 17.5 Å². The third-order valence-electron chi connectivity index (χ3n) is 2.67. The molecule has 3 nitrogen and oxygen atoms in total. The third kappa shape index (κ3) is 5.02. The molecule has 106 valence electrons. The molecule has 0 atom stereocenters. The van der Waals surface area contributed by atoms with E-state index in [0.717, 1.165) is 11.3 Å². The summed E-state index contributed by atoms with van der Waals surface area (Å²) < 4.78 is 0. The van der Waals surface area contributed by atoms with Crippen LogP contribution in [-0.2, 0) is 6.54 Å². The first kappa shape index (κ1) is 16.8. The van der Waals surface area contributed by atoms with Crippen molar-refractivity contribution in [2.45, 2.75) is 13.5 Å². The van der Waals surface area contributed by atoms with Gasteiger partial charge in [-0.15, -0.1) is 24.0 Å². The van der Waals surface area contributed by atoms with E-state index < -0.39 is 0 Å². The summed E-state index contributed by atoms with van der Waals surface area (Å²) in [5, 5.41) is 3.76. The maximum absolute atomic E-state index is 6.06. The standard InChI is InChI=1S/C15H16ClN3.HI/c1-11-5-4-7-13(9-11)19-15(17)18-10-12-6-2-3-8-14(12)16;/h2-9H,10H2,1H3,(H3,17,18,19);1H. The second-order valence-corrected chi connectivity index (χ2v) is 4.69. The van der Waals surface area contributed by atoms with Crippen LogP contribution in [0.25, 0.3) is 0 Å².